The maximum absolute atomic E-state index is 13.0. The molecule has 2 aromatic heterocycles. The van der Waals surface area contributed by atoms with Crippen LogP contribution in [0, 0.1) is 0 Å². The third-order valence-electron chi connectivity index (χ3n) is 5.25. The number of benzene rings is 3. The second-order valence-corrected chi connectivity index (χ2v) is 9.24. The van der Waals surface area contributed by atoms with E-state index in [1.54, 1.807) is 24.3 Å². The van der Waals surface area contributed by atoms with E-state index in [9.17, 15) is 13.2 Å². The molecule has 5 rings (SSSR count). The summed E-state index contributed by atoms with van der Waals surface area (Å²) >= 11 is 0. The molecule has 0 aliphatic carbocycles. The molecule has 0 amide bonds. The average molecular weight is 469 g/mol. The number of anilines is 3. The predicted octanol–water partition coefficient (Wildman–Crippen LogP) is 4.93. The smallest absolute Gasteiger partial charge is 0.263 e. The van der Waals surface area contributed by atoms with Gasteiger partial charge in [0.2, 0.25) is 0 Å². The Hall–Kier alpha value is -4.43. The summed E-state index contributed by atoms with van der Waals surface area (Å²) < 4.78 is 30.1. The monoisotopic (exact) mass is 468 g/mol. The van der Waals surface area contributed by atoms with Crippen LogP contribution >= 0.6 is 0 Å². The molecule has 0 fully saturated rings. The van der Waals surface area contributed by atoms with Crippen molar-refractivity contribution in [3.05, 3.63) is 120 Å². The third-order valence-corrected chi connectivity index (χ3v) is 6.62. The summed E-state index contributed by atoms with van der Waals surface area (Å²) in [4.78, 5) is 17.3. The van der Waals surface area contributed by atoms with Crippen LogP contribution in [0.3, 0.4) is 0 Å². The van der Waals surface area contributed by atoms with Crippen molar-refractivity contribution in [2.45, 2.75) is 4.90 Å². The number of hydrogen-bond acceptors (Lipinski definition) is 5. The minimum Gasteiger partial charge on any atom is -0.341 e. The van der Waals surface area contributed by atoms with E-state index in [1.165, 1.54) is 24.4 Å². The molecular formula is C26H20N4O3S. The molecule has 0 aliphatic rings. The molecule has 0 spiro atoms. The van der Waals surface area contributed by atoms with Gasteiger partial charge in [-0.1, -0.05) is 54.6 Å². The van der Waals surface area contributed by atoms with Crippen molar-refractivity contribution < 1.29 is 8.42 Å². The summed E-state index contributed by atoms with van der Waals surface area (Å²) in [6, 6.07) is 30.2. The Morgan fingerprint density at radius 1 is 0.765 bits per heavy atom. The summed E-state index contributed by atoms with van der Waals surface area (Å²) in [7, 11) is -3.84. The van der Waals surface area contributed by atoms with Crippen LogP contribution in [0.5, 0.6) is 0 Å². The van der Waals surface area contributed by atoms with Crippen LogP contribution in [-0.2, 0) is 10.0 Å². The summed E-state index contributed by atoms with van der Waals surface area (Å²) in [6.07, 6.45) is 1.40. The molecule has 0 radical (unpaired) electrons. The van der Waals surface area contributed by atoms with Gasteiger partial charge >= 0.3 is 0 Å². The van der Waals surface area contributed by atoms with Gasteiger partial charge in [0.05, 0.1) is 15.8 Å². The van der Waals surface area contributed by atoms with Crippen LogP contribution in [0.15, 0.2) is 119 Å². The number of rotatable bonds is 6. The molecule has 5 aromatic rings. The molecule has 0 aliphatic heterocycles. The van der Waals surface area contributed by atoms with Gasteiger partial charge in [-0.2, -0.15) is 0 Å². The standard InChI is InChI=1S/C26H20N4O3S/c31-24-17-26(28-19-10-4-1-5-11-19)30(20-12-6-2-7-13-20)23-16-25(27-18-22(23)24)29-34(32,33)21-14-8-3-9-15-21/h1-18,28H,(H,27,29). The second-order valence-electron chi connectivity index (χ2n) is 7.56. The largest absolute Gasteiger partial charge is 0.341 e. The van der Waals surface area contributed by atoms with Crippen molar-refractivity contribution >= 4 is 38.2 Å². The van der Waals surface area contributed by atoms with Gasteiger partial charge in [-0.05, 0) is 36.4 Å². The van der Waals surface area contributed by atoms with Crippen molar-refractivity contribution in [1.29, 1.82) is 0 Å². The Morgan fingerprint density at radius 3 is 2.06 bits per heavy atom. The van der Waals surface area contributed by atoms with E-state index in [1.807, 2.05) is 65.2 Å². The van der Waals surface area contributed by atoms with E-state index in [2.05, 4.69) is 15.0 Å². The Bertz CT molecular complexity index is 1620. The highest BCUT2D eigenvalue weighted by Crippen LogP contribution is 2.26. The van der Waals surface area contributed by atoms with E-state index in [0.29, 0.717) is 16.7 Å². The molecule has 34 heavy (non-hydrogen) atoms. The fourth-order valence-corrected chi connectivity index (χ4v) is 4.70. The van der Waals surface area contributed by atoms with Crippen LogP contribution in [0.4, 0.5) is 17.3 Å². The first-order valence-electron chi connectivity index (χ1n) is 10.5. The van der Waals surface area contributed by atoms with Crippen molar-refractivity contribution in [2.75, 3.05) is 10.0 Å². The topological polar surface area (TPSA) is 93.1 Å². The van der Waals surface area contributed by atoms with Crippen molar-refractivity contribution in [3.63, 3.8) is 0 Å². The van der Waals surface area contributed by atoms with Crippen LogP contribution < -0.4 is 15.5 Å². The Labute approximate surface area is 196 Å². The average Bonchev–Trinajstić information content (AvgIpc) is 2.85. The van der Waals surface area contributed by atoms with E-state index >= 15 is 0 Å². The van der Waals surface area contributed by atoms with Crippen LogP contribution in [0.1, 0.15) is 0 Å². The van der Waals surface area contributed by atoms with E-state index in [0.717, 1.165) is 11.4 Å². The van der Waals surface area contributed by atoms with Gasteiger partial charge in [0, 0.05) is 29.7 Å². The molecule has 0 unspecified atom stereocenters. The molecule has 2 heterocycles. The summed E-state index contributed by atoms with van der Waals surface area (Å²) in [5, 5.41) is 3.67. The van der Waals surface area contributed by atoms with Gasteiger partial charge < -0.3 is 5.32 Å². The lowest BCUT2D eigenvalue weighted by molar-refractivity contribution is 0.601. The van der Waals surface area contributed by atoms with Crippen molar-refractivity contribution in [2.24, 2.45) is 0 Å². The van der Waals surface area contributed by atoms with Gasteiger partial charge in [0.25, 0.3) is 10.0 Å². The van der Waals surface area contributed by atoms with Gasteiger partial charge in [0.1, 0.15) is 11.6 Å². The lowest BCUT2D eigenvalue weighted by atomic mass is 10.2. The number of fused-ring (bicyclic) bond motifs is 1. The number of nitrogens with zero attached hydrogens (tertiary/aromatic N) is 2. The fraction of sp³-hybridized carbons (Fsp3) is 0. The quantitative estimate of drug-likeness (QED) is 0.369. The fourth-order valence-electron chi connectivity index (χ4n) is 3.68. The number of sulfonamides is 1. The Kier molecular flexibility index (Phi) is 5.57. The summed E-state index contributed by atoms with van der Waals surface area (Å²) in [6.45, 7) is 0. The lowest BCUT2D eigenvalue weighted by Gasteiger charge is -2.19. The van der Waals surface area contributed by atoms with Gasteiger partial charge in [-0.25, -0.2) is 13.4 Å². The molecule has 2 N–H and O–H groups in total. The minimum atomic E-state index is -3.84. The van der Waals surface area contributed by atoms with Crippen LogP contribution in [-0.4, -0.2) is 18.0 Å². The molecule has 168 valence electrons. The van der Waals surface area contributed by atoms with Crippen molar-refractivity contribution in [1.82, 2.24) is 9.55 Å². The van der Waals surface area contributed by atoms with Gasteiger partial charge in [-0.3, -0.25) is 14.1 Å². The lowest BCUT2D eigenvalue weighted by Crippen LogP contribution is -2.16. The molecule has 8 heteroatoms. The highest BCUT2D eigenvalue weighted by Gasteiger charge is 2.17. The molecule has 3 aromatic carbocycles. The van der Waals surface area contributed by atoms with Gasteiger partial charge in [-0.15, -0.1) is 0 Å². The number of para-hydroxylation sites is 2. The zero-order valence-corrected chi connectivity index (χ0v) is 18.7. The van der Waals surface area contributed by atoms with E-state index in [4.69, 9.17) is 0 Å². The minimum absolute atomic E-state index is 0.109. The Balaban J connectivity index is 1.69. The number of hydrogen-bond donors (Lipinski definition) is 2. The molecule has 0 bridgehead atoms. The van der Waals surface area contributed by atoms with Crippen LogP contribution in [0.25, 0.3) is 16.6 Å². The molecule has 7 nitrogen and oxygen atoms in total. The maximum atomic E-state index is 13.0. The first-order valence-corrected chi connectivity index (χ1v) is 12.0. The molecule has 0 saturated heterocycles. The number of pyridine rings is 2. The zero-order valence-electron chi connectivity index (χ0n) is 17.9. The maximum Gasteiger partial charge on any atom is 0.263 e. The number of nitrogens with one attached hydrogen (secondary N) is 2. The predicted molar refractivity (Wildman–Crippen MR) is 134 cm³/mol. The first kappa shape index (κ1) is 21.4. The highest BCUT2D eigenvalue weighted by molar-refractivity contribution is 7.92. The van der Waals surface area contributed by atoms with Crippen LogP contribution in [0.2, 0.25) is 0 Å². The summed E-state index contributed by atoms with van der Waals surface area (Å²) in [5.41, 5.74) is 1.89. The van der Waals surface area contributed by atoms with E-state index in [-0.39, 0.29) is 16.1 Å². The normalized spacial score (nSPS) is 11.3. The molecule has 0 saturated carbocycles. The van der Waals surface area contributed by atoms with Crippen molar-refractivity contribution in [3.8, 4) is 5.69 Å². The summed E-state index contributed by atoms with van der Waals surface area (Å²) in [5.74, 6) is 0.648. The Morgan fingerprint density at radius 2 is 1.38 bits per heavy atom. The van der Waals surface area contributed by atoms with Gasteiger partial charge in [0.15, 0.2) is 5.43 Å². The molecular weight excluding hydrogens is 448 g/mol. The first-order chi connectivity index (χ1) is 16.5. The SMILES string of the molecule is O=c1cc(Nc2ccccc2)n(-c2ccccc2)c2cc(NS(=O)(=O)c3ccccc3)ncc12. The third kappa shape index (κ3) is 4.26. The number of aromatic nitrogens is 2. The van der Waals surface area contributed by atoms with E-state index < -0.39 is 10.0 Å². The second kappa shape index (κ2) is 8.84. The highest BCUT2D eigenvalue weighted by atomic mass is 32.2. The molecule has 0 atom stereocenters. The zero-order chi connectivity index (χ0) is 23.5.